The van der Waals surface area contributed by atoms with Crippen molar-refractivity contribution in [1.82, 2.24) is 5.32 Å². The summed E-state index contributed by atoms with van der Waals surface area (Å²) >= 11 is 0. The Morgan fingerprint density at radius 1 is 1.11 bits per heavy atom. The number of hydrogen-bond donors (Lipinski definition) is 1. The number of rotatable bonds is 3. The fourth-order valence-electron chi connectivity index (χ4n) is 2.11. The zero-order valence-corrected chi connectivity index (χ0v) is 11.0. The van der Waals surface area contributed by atoms with Crippen LogP contribution in [-0.4, -0.2) is 7.05 Å². The van der Waals surface area contributed by atoms with Crippen molar-refractivity contribution in [3.05, 3.63) is 58.9 Å². The van der Waals surface area contributed by atoms with E-state index in [1.165, 1.54) is 11.1 Å². The van der Waals surface area contributed by atoms with Gasteiger partial charge in [0.1, 0.15) is 5.82 Å². The number of benzene rings is 2. The molecule has 1 N–H and O–H groups in total. The van der Waals surface area contributed by atoms with Crippen molar-refractivity contribution in [1.29, 1.82) is 0 Å². The normalized spacial score (nSPS) is 10.7. The van der Waals surface area contributed by atoms with Crippen LogP contribution in [0.15, 0.2) is 36.4 Å². The van der Waals surface area contributed by atoms with E-state index in [2.05, 4.69) is 25.2 Å². The molecule has 0 aliphatic heterocycles. The van der Waals surface area contributed by atoms with Crippen molar-refractivity contribution < 1.29 is 4.39 Å². The van der Waals surface area contributed by atoms with E-state index in [1.54, 1.807) is 6.07 Å². The standard InChI is InChI=1S/C16H18FN/c1-11-5-4-6-15(12(11)2)13-7-8-14(10-18-3)16(17)9-13/h4-9,18H,10H2,1-3H3. The predicted octanol–water partition coefficient (Wildman–Crippen LogP) is 3.83. The van der Waals surface area contributed by atoms with Crippen LogP contribution in [0.25, 0.3) is 11.1 Å². The first-order chi connectivity index (χ1) is 8.63. The van der Waals surface area contributed by atoms with Gasteiger partial charge in [0.2, 0.25) is 0 Å². The maximum atomic E-state index is 13.9. The molecule has 2 rings (SSSR count). The van der Waals surface area contributed by atoms with Crippen molar-refractivity contribution in [2.45, 2.75) is 20.4 Å². The monoisotopic (exact) mass is 243 g/mol. The highest BCUT2D eigenvalue weighted by molar-refractivity contribution is 5.68. The minimum atomic E-state index is -0.150. The average molecular weight is 243 g/mol. The fourth-order valence-corrected chi connectivity index (χ4v) is 2.11. The lowest BCUT2D eigenvalue weighted by Gasteiger charge is -2.10. The molecule has 0 atom stereocenters. The Labute approximate surface area is 108 Å². The summed E-state index contributed by atoms with van der Waals surface area (Å²) < 4.78 is 13.9. The van der Waals surface area contributed by atoms with Gasteiger partial charge in [-0.3, -0.25) is 0 Å². The maximum absolute atomic E-state index is 13.9. The largest absolute Gasteiger partial charge is 0.316 e. The molecule has 1 nitrogen and oxygen atoms in total. The summed E-state index contributed by atoms with van der Waals surface area (Å²) in [4.78, 5) is 0. The summed E-state index contributed by atoms with van der Waals surface area (Å²) in [6, 6.07) is 11.6. The first-order valence-electron chi connectivity index (χ1n) is 6.13. The van der Waals surface area contributed by atoms with E-state index in [-0.39, 0.29) is 5.82 Å². The number of hydrogen-bond acceptors (Lipinski definition) is 1. The highest BCUT2D eigenvalue weighted by Crippen LogP contribution is 2.26. The van der Waals surface area contributed by atoms with Gasteiger partial charge in [0.25, 0.3) is 0 Å². The lowest BCUT2D eigenvalue weighted by atomic mass is 9.96. The third-order valence-corrected chi connectivity index (χ3v) is 3.34. The van der Waals surface area contributed by atoms with Gasteiger partial charge >= 0.3 is 0 Å². The van der Waals surface area contributed by atoms with Gasteiger partial charge in [0.05, 0.1) is 0 Å². The van der Waals surface area contributed by atoms with Gasteiger partial charge in [-0.25, -0.2) is 4.39 Å². The van der Waals surface area contributed by atoms with Crippen LogP contribution in [0.4, 0.5) is 4.39 Å². The predicted molar refractivity (Wildman–Crippen MR) is 74.1 cm³/mol. The van der Waals surface area contributed by atoms with Crippen molar-refractivity contribution in [3.8, 4) is 11.1 Å². The molecule has 2 heteroatoms. The number of aryl methyl sites for hydroxylation is 1. The van der Waals surface area contributed by atoms with Crippen LogP contribution < -0.4 is 5.32 Å². The summed E-state index contributed by atoms with van der Waals surface area (Å²) in [5.74, 6) is -0.150. The Kier molecular flexibility index (Phi) is 3.78. The first kappa shape index (κ1) is 12.8. The summed E-state index contributed by atoms with van der Waals surface area (Å²) in [6.07, 6.45) is 0. The smallest absolute Gasteiger partial charge is 0.128 e. The molecule has 0 aliphatic carbocycles. The lowest BCUT2D eigenvalue weighted by molar-refractivity contribution is 0.601. The van der Waals surface area contributed by atoms with E-state index in [0.29, 0.717) is 12.1 Å². The van der Waals surface area contributed by atoms with Crippen molar-refractivity contribution in [3.63, 3.8) is 0 Å². The number of halogens is 1. The topological polar surface area (TPSA) is 12.0 Å². The molecule has 0 saturated carbocycles. The van der Waals surface area contributed by atoms with Crippen LogP contribution in [0.1, 0.15) is 16.7 Å². The molecule has 0 heterocycles. The second kappa shape index (κ2) is 5.32. The van der Waals surface area contributed by atoms with Crippen molar-refractivity contribution in [2.24, 2.45) is 0 Å². The third kappa shape index (κ3) is 2.44. The summed E-state index contributed by atoms with van der Waals surface area (Å²) in [6.45, 7) is 4.70. The summed E-state index contributed by atoms with van der Waals surface area (Å²) in [5.41, 5.74) is 5.18. The highest BCUT2D eigenvalue weighted by Gasteiger charge is 2.07. The Morgan fingerprint density at radius 2 is 1.89 bits per heavy atom. The molecule has 0 aromatic heterocycles. The molecular weight excluding hydrogens is 225 g/mol. The Bertz CT molecular complexity index is 561. The minimum absolute atomic E-state index is 0.150. The van der Waals surface area contributed by atoms with Crippen molar-refractivity contribution in [2.75, 3.05) is 7.05 Å². The molecule has 18 heavy (non-hydrogen) atoms. The molecule has 2 aromatic rings. The SMILES string of the molecule is CNCc1ccc(-c2cccc(C)c2C)cc1F. The van der Waals surface area contributed by atoms with E-state index in [0.717, 1.165) is 11.1 Å². The first-order valence-corrected chi connectivity index (χ1v) is 6.13. The Hall–Kier alpha value is -1.67. The molecule has 2 aromatic carbocycles. The Morgan fingerprint density at radius 3 is 2.56 bits per heavy atom. The maximum Gasteiger partial charge on any atom is 0.128 e. The van der Waals surface area contributed by atoms with E-state index in [4.69, 9.17) is 0 Å². The van der Waals surface area contributed by atoms with Gasteiger partial charge in [-0.05, 0) is 49.2 Å². The zero-order chi connectivity index (χ0) is 13.1. The van der Waals surface area contributed by atoms with E-state index in [1.807, 2.05) is 31.3 Å². The van der Waals surface area contributed by atoms with Gasteiger partial charge in [-0.15, -0.1) is 0 Å². The Balaban J connectivity index is 2.46. The van der Waals surface area contributed by atoms with Gasteiger partial charge in [0.15, 0.2) is 0 Å². The fraction of sp³-hybridized carbons (Fsp3) is 0.250. The van der Waals surface area contributed by atoms with Crippen LogP contribution in [0, 0.1) is 19.7 Å². The zero-order valence-electron chi connectivity index (χ0n) is 11.0. The van der Waals surface area contributed by atoms with Crippen LogP contribution >= 0.6 is 0 Å². The molecule has 0 unspecified atom stereocenters. The van der Waals surface area contributed by atoms with Crippen LogP contribution in [-0.2, 0) is 6.54 Å². The van der Waals surface area contributed by atoms with Crippen molar-refractivity contribution >= 4 is 0 Å². The molecule has 0 radical (unpaired) electrons. The lowest BCUT2D eigenvalue weighted by Crippen LogP contribution is -2.06. The molecule has 94 valence electrons. The summed E-state index contributed by atoms with van der Waals surface area (Å²) in [7, 11) is 1.82. The average Bonchev–Trinajstić information content (AvgIpc) is 2.35. The molecule has 0 aliphatic rings. The van der Waals surface area contributed by atoms with Crippen LogP contribution in [0.5, 0.6) is 0 Å². The molecule has 0 fully saturated rings. The molecular formula is C16H18FN. The van der Waals surface area contributed by atoms with E-state index >= 15 is 0 Å². The van der Waals surface area contributed by atoms with Crippen LogP contribution in [0.2, 0.25) is 0 Å². The summed E-state index contributed by atoms with van der Waals surface area (Å²) in [5, 5.41) is 2.96. The highest BCUT2D eigenvalue weighted by atomic mass is 19.1. The third-order valence-electron chi connectivity index (χ3n) is 3.34. The minimum Gasteiger partial charge on any atom is -0.316 e. The molecule has 0 saturated heterocycles. The van der Waals surface area contributed by atoms with Gasteiger partial charge in [-0.1, -0.05) is 30.3 Å². The molecule has 0 bridgehead atoms. The van der Waals surface area contributed by atoms with Gasteiger partial charge in [0, 0.05) is 12.1 Å². The van der Waals surface area contributed by atoms with Gasteiger partial charge in [-0.2, -0.15) is 0 Å². The van der Waals surface area contributed by atoms with Crippen LogP contribution in [0.3, 0.4) is 0 Å². The van der Waals surface area contributed by atoms with Gasteiger partial charge < -0.3 is 5.32 Å². The second-order valence-corrected chi connectivity index (χ2v) is 4.58. The van der Waals surface area contributed by atoms with E-state index < -0.39 is 0 Å². The quantitative estimate of drug-likeness (QED) is 0.864. The van der Waals surface area contributed by atoms with E-state index in [9.17, 15) is 4.39 Å². The molecule has 0 spiro atoms. The molecule has 0 amide bonds. The second-order valence-electron chi connectivity index (χ2n) is 4.58. The number of nitrogens with one attached hydrogen (secondary N) is 1.